The zero-order chi connectivity index (χ0) is 8.10. The van der Waals surface area contributed by atoms with Gasteiger partial charge in [0.05, 0.1) is 7.05 Å². The maximum absolute atomic E-state index is 8.55. The van der Waals surface area contributed by atoms with Gasteiger partial charge in [-0.2, -0.15) is 0 Å². The van der Waals surface area contributed by atoms with E-state index in [2.05, 4.69) is 9.55 Å². The Morgan fingerprint density at radius 3 is 2.91 bits per heavy atom. The second kappa shape index (κ2) is 4.13. The summed E-state index contributed by atoms with van der Waals surface area (Å²) in [4.78, 5) is 3.15. The third-order valence-corrected chi connectivity index (χ3v) is 1.80. The summed E-state index contributed by atoms with van der Waals surface area (Å²) in [6.07, 6.45) is 6.87. The number of imidazole rings is 1. The summed E-state index contributed by atoms with van der Waals surface area (Å²) >= 11 is 0. The first-order valence-corrected chi connectivity index (χ1v) is 3.97. The normalized spacial score (nSPS) is 10.4. The summed E-state index contributed by atoms with van der Waals surface area (Å²) in [5.74, 6) is 1.22. The van der Waals surface area contributed by atoms with Crippen LogP contribution in [0.3, 0.4) is 0 Å². The lowest BCUT2D eigenvalue weighted by molar-refractivity contribution is -0.677. The monoisotopic (exact) mass is 155 g/mol. The highest BCUT2D eigenvalue weighted by Gasteiger charge is 2.04. The Balaban J connectivity index is 2.32. The van der Waals surface area contributed by atoms with Gasteiger partial charge < -0.3 is 5.11 Å². The number of hydrogen-bond acceptors (Lipinski definition) is 1. The number of unbranched alkanes of at least 4 members (excludes halogenated alkanes) is 1. The summed E-state index contributed by atoms with van der Waals surface area (Å²) in [6.45, 7) is 0.296. The van der Waals surface area contributed by atoms with Crippen molar-refractivity contribution in [1.29, 1.82) is 0 Å². The molecule has 62 valence electrons. The molecule has 0 aliphatic heterocycles. The summed E-state index contributed by atoms with van der Waals surface area (Å²) in [6, 6.07) is 0. The number of aromatic nitrogens is 2. The molecule has 0 aliphatic carbocycles. The minimum atomic E-state index is 0.296. The molecule has 1 heterocycles. The molecule has 0 aliphatic rings. The zero-order valence-corrected chi connectivity index (χ0v) is 6.88. The number of aryl methyl sites for hydroxylation is 2. The van der Waals surface area contributed by atoms with E-state index < -0.39 is 0 Å². The zero-order valence-electron chi connectivity index (χ0n) is 6.88. The van der Waals surface area contributed by atoms with Gasteiger partial charge in [-0.25, -0.2) is 9.55 Å². The highest BCUT2D eigenvalue weighted by atomic mass is 16.2. The van der Waals surface area contributed by atoms with Crippen LogP contribution in [0.25, 0.3) is 0 Å². The van der Waals surface area contributed by atoms with Gasteiger partial charge in [-0.1, -0.05) is 0 Å². The molecule has 1 aromatic heterocycles. The molecule has 0 radical (unpaired) electrons. The van der Waals surface area contributed by atoms with E-state index in [0.717, 1.165) is 19.3 Å². The fraction of sp³-hybridized carbons (Fsp3) is 0.625. The Bertz CT molecular complexity index is 208. The van der Waals surface area contributed by atoms with Crippen LogP contribution < -0.4 is 4.57 Å². The number of nitrogens with zero attached hydrogens (tertiary/aromatic N) is 1. The Morgan fingerprint density at radius 2 is 2.36 bits per heavy atom. The van der Waals surface area contributed by atoms with E-state index in [4.69, 9.17) is 5.11 Å². The van der Waals surface area contributed by atoms with Crippen LogP contribution in [-0.4, -0.2) is 16.7 Å². The Kier molecular flexibility index (Phi) is 3.11. The van der Waals surface area contributed by atoms with Crippen molar-refractivity contribution in [2.75, 3.05) is 6.61 Å². The summed E-state index contributed by atoms with van der Waals surface area (Å²) < 4.78 is 2.07. The van der Waals surface area contributed by atoms with Gasteiger partial charge in [-0.15, -0.1) is 0 Å². The van der Waals surface area contributed by atoms with E-state index in [1.165, 1.54) is 5.82 Å². The topological polar surface area (TPSA) is 39.9 Å². The van der Waals surface area contributed by atoms with Crippen LogP contribution in [0.15, 0.2) is 12.4 Å². The molecule has 0 fully saturated rings. The summed E-state index contributed by atoms with van der Waals surface area (Å²) in [7, 11) is 2.02. The predicted octanol–water partition coefficient (Wildman–Crippen LogP) is 0.154. The molecule has 0 unspecified atom stereocenters. The largest absolute Gasteiger partial charge is 0.396 e. The van der Waals surface area contributed by atoms with E-state index in [-0.39, 0.29) is 0 Å². The minimum absolute atomic E-state index is 0.296. The van der Waals surface area contributed by atoms with E-state index in [1.54, 1.807) is 0 Å². The van der Waals surface area contributed by atoms with Crippen molar-refractivity contribution < 1.29 is 9.67 Å². The maximum atomic E-state index is 8.55. The highest BCUT2D eigenvalue weighted by Crippen LogP contribution is 1.95. The van der Waals surface area contributed by atoms with Crippen LogP contribution in [-0.2, 0) is 13.5 Å². The molecule has 0 aromatic carbocycles. The van der Waals surface area contributed by atoms with Crippen molar-refractivity contribution in [2.24, 2.45) is 7.05 Å². The van der Waals surface area contributed by atoms with E-state index >= 15 is 0 Å². The van der Waals surface area contributed by atoms with Gasteiger partial charge in [0.1, 0.15) is 12.4 Å². The number of aliphatic hydroxyl groups excluding tert-OH is 1. The van der Waals surface area contributed by atoms with Gasteiger partial charge >= 0.3 is 0 Å². The van der Waals surface area contributed by atoms with E-state index in [9.17, 15) is 0 Å². The van der Waals surface area contributed by atoms with Gasteiger partial charge in [-0.05, 0) is 12.8 Å². The molecular weight excluding hydrogens is 140 g/mol. The lowest BCUT2D eigenvalue weighted by Gasteiger charge is -1.93. The molecule has 0 bridgehead atoms. The fourth-order valence-corrected chi connectivity index (χ4v) is 1.09. The standard InChI is InChI=1S/C8H14N2O/c1-10-6-5-9-8(10)4-2-3-7-11/h5-6,11H,2-4,7H2,1H3/p+1. The van der Waals surface area contributed by atoms with Crippen molar-refractivity contribution in [3.05, 3.63) is 18.2 Å². The molecule has 0 saturated carbocycles. The second-order valence-electron chi connectivity index (χ2n) is 2.70. The Labute approximate surface area is 66.7 Å². The van der Waals surface area contributed by atoms with E-state index in [0.29, 0.717) is 6.61 Å². The number of aliphatic hydroxyl groups is 1. The number of nitrogens with one attached hydrogen (secondary N) is 1. The van der Waals surface area contributed by atoms with Crippen LogP contribution in [0, 0.1) is 0 Å². The molecule has 2 N–H and O–H groups in total. The lowest BCUT2D eigenvalue weighted by Crippen LogP contribution is -2.30. The van der Waals surface area contributed by atoms with Crippen molar-refractivity contribution in [2.45, 2.75) is 19.3 Å². The smallest absolute Gasteiger partial charge is 0.253 e. The Hall–Kier alpha value is -0.830. The van der Waals surface area contributed by atoms with Crippen molar-refractivity contribution in [3.63, 3.8) is 0 Å². The second-order valence-corrected chi connectivity index (χ2v) is 2.70. The van der Waals surface area contributed by atoms with Gasteiger partial charge in [0, 0.05) is 13.0 Å². The van der Waals surface area contributed by atoms with Crippen molar-refractivity contribution in [3.8, 4) is 0 Å². The van der Waals surface area contributed by atoms with Gasteiger partial charge in [0.2, 0.25) is 0 Å². The molecule has 0 spiro atoms. The van der Waals surface area contributed by atoms with Gasteiger partial charge in [0.15, 0.2) is 0 Å². The molecule has 3 heteroatoms. The quantitative estimate of drug-likeness (QED) is 0.471. The number of hydrogen-bond donors (Lipinski definition) is 2. The number of rotatable bonds is 4. The first-order chi connectivity index (χ1) is 5.34. The summed E-state index contributed by atoms with van der Waals surface area (Å²) in [5, 5.41) is 8.55. The average molecular weight is 155 g/mol. The number of H-pyrrole nitrogens is 1. The van der Waals surface area contributed by atoms with Gasteiger partial charge in [-0.3, -0.25) is 0 Å². The molecule has 0 amide bonds. The van der Waals surface area contributed by atoms with Crippen molar-refractivity contribution >= 4 is 0 Å². The molecule has 0 atom stereocenters. The van der Waals surface area contributed by atoms with Crippen LogP contribution in [0.1, 0.15) is 18.7 Å². The third-order valence-electron chi connectivity index (χ3n) is 1.80. The molecular formula is C8H15N2O+. The minimum Gasteiger partial charge on any atom is -0.396 e. The molecule has 1 rings (SSSR count). The van der Waals surface area contributed by atoms with Crippen LogP contribution in [0.5, 0.6) is 0 Å². The Morgan fingerprint density at radius 1 is 1.55 bits per heavy atom. The van der Waals surface area contributed by atoms with Gasteiger partial charge in [0.25, 0.3) is 5.82 Å². The lowest BCUT2D eigenvalue weighted by atomic mass is 10.2. The highest BCUT2D eigenvalue weighted by molar-refractivity contribution is 4.76. The first kappa shape index (κ1) is 8.27. The molecule has 1 aromatic rings. The van der Waals surface area contributed by atoms with Crippen molar-refractivity contribution in [1.82, 2.24) is 4.98 Å². The van der Waals surface area contributed by atoms with Crippen LogP contribution in [0.4, 0.5) is 0 Å². The molecule has 3 nitrogen and oxygen atoms in total. The van der Waals surface area contributed by atoms with Crippen LogP contribution in [0.2, 0.25) is 0 Å². The van der Waals surface area contributed by atoms with E-state index in [1.807, 2.05) is 19.4 Å². The fourth-order valence-electron chi connectivity index (χ4n) is 1.09. The van der Waals surface area contributed by atoms with Crippen LogP contribution >= 0.6 is 0 Å². The molecule has 0 saturated heterocycles. The predicted molar refractivity (Wildman–Crippen MR) is 42.0 cm³/mol. The summed E-state index contributed by atoms with van der Waals surface area (Å²) in [5.41, 5.74) is 0. The third kappa shape index (κ3) is 2.35. The SMILES string of the molecule is C[n+]1cc[nH]c1CCCCO. The first-order valence-electron chi connectivity index (χ1n) is 3.97. The average Bonchev–Trinajstić information content (AvgIpc) is 2.37. The number of aromatic amines is 1. The maximum Gasteiger partial charge on any atom is 0.253 e. The molecule has 11 heavy (non-hydrogen) atoms.